The van der Waals surface area contributed by atoms with Crippen LogP contribution in [0.4, 0.5) is 0 Å². The van der Waals surface area contributed by atoms with E-state index < -0.39 is 0 Å². The van der Waals surface area contributed by atoms with Crippen LogP contribution in [0.5, 0.6) is 0 Å². The van der Waals surface area contributed by atoms with E-state index in [0.29, 0.717) is 5.25 Å². The minimum atomic E-state index is 0.286. The summed E-state index contributed by atoms with van der Waals surface area (Å²) in [5.74, 6) is 2.35. The van der Waals surface area contributed by atoms with E-state index in [1.807, 2.05) is 0 Å². The van der Waals surface area contributed by atoms with Crippen molar-refractivity contribution < 1.29 is 0 Å². The van der Waals surface area contributed by atoms with Crippen LogP contribution in [0.1, 0.15) is 32.6 Å². The predicted molar refractivity (Wildman–Crippen MR) is 83.7 cm³/mol. The molecule has 0 aromatic heterocycles. The van der Waals surface area contributed by atoms with Crippen LogP contribution in [0.3, 0.4) is 0 Å². The van der Waals surface area contributed by atoms with Gasteiger partial charge in [-0.15, -0.1) is 0 Å². The summed E-state index contributed by atoms with van der Waals surface area (Å²) in [7, 11) is 0. The van der Waals surface area contributed by atoms with Gasteiger partial charge in [0.2, 0.25) is 0 Å². The SMILES string of the molecule is CC1SCCCC1(CN)N1CCN(CC2CC2)CC1. The summed E-state index contributed by atoms with van der Waals surface area (Å²) in [4.78, 5) is 5.41. The van der Waals surface area contributed by atoms with Crippen molar-refractivity contribution in [2.45, 2.75) is 43.4 Å². The Labute approximate surface area is 122 Å². The second-order valence-corrected chi connectivity index (χ2v) is 8.10. The Morgan fingerprint density at radius 1 is 1.21 bits per heavy atom. The average molecular weight is 283 g/mol. The largest absolute Gasteiger partial charge is 0.329 e. The minimum absolute atomic E-state index is 0.286. The molecule has 1 saturated carbocycles. The molecule has 2 saturated heterocycles. The van der Waals surface area contributed by atoms with Crippen LogP contribution >= 0.6 is 11.8 Å². The molecular weight excluding hydrogens is 254 g/mol. The fraction of sp³-hybridized carbons (Fsp3) is 1.00. The second kappa shape index (κ2) is 5.92. The van der Waals surface area contributed by atoms with Crippen LogP contribution in [0.15, 0.2) is 0 Å². The molecule has 3 nitrogen and oxygen atoms in total. The number of nitrogens with two attached hydrogens (primary N) is 1. The van der Waals surface area contributed by atoms with Gasteiger partial charge in [0.1, 0.15) is 0 Å². The number of rotatable bonds is 4. The molecule has 0 spiro atoms. The number of hydrogen-bond acceptors (Lipinski definition) is 4. The van der Waals surface area contributed by atoms with Gasteiger partial charge in [-0.05, 0) is 37.4 Å². The molecular formula is C15H29N3S. The zero-order valence-electron chi connectivity index (χ0n) is 12.3. The summed E-state index contributed by atoms with van der Waals surface area (Å²) in [6.45, 7) is 9.57. The lowest BCUT2D eigenvalue weighted by atomic mass is 9.87. The third-order valence-corrected chi connectivity index (χ3v) is 6.91. The van der Waals surface area contributed by atoms with E-state index in [2.05, 4.69) is 28.5 Å². The molecule has 110 valence electrons. The monoisotopic (exact) mass is 283 g/mol. The molecule has 19 heavy (non-hydrogen) atoms. The van der Waals surface area contributed by atoms with Gasteiger partial charge in [-0.25, -0.2) is 0 Å². The van der Waals surface area contributed by atoms with Crippen molar-refractivity contribution >= 4 is 11.8 Å². The number of hydrogen-bond donors (Lipinski definition) is 1. The maximum atomic E-state index is 6.22. The fourth-order valence-electron chi connectivity index (χ4n) is 3.85. The Morgan fingerprint density at radius 3 is 2.53 bits per heavy atom. The molecule has 2 atom stereocenters. The van der Waals surface area contributed by atoms with Crippen molar-refractivity contribution in [2.24, 2.45) is 11.7 Å². The fourth-order valence-corrected chi connectivity index (χ4v) is 5.19. The molecule has 2 N–H and O–H groups in total. The van der Waals surface area contributed by atoms with E-state index in [4.69, 9.17) is 5.73 Å². The third kappa shape index (κ3) is 2.97. The van der Waals surface area contributed by atoms with Crippen LogP contribution in [-0.4, -0.2) is 65.6 Å². The summed E-state index contributed by atoms with van der Waals surface area (Å²) in [5, 5.41) is 0.696. The molecule has 0 aromatic carbocycles. The van der Waals surface area contributed by atoms with Gasteiger partial charge in [0.15, 0.2) is 0 Å². The standard InChI is InChI=1S/C15H29N3S/c1-13-15(12-16,5-2-10-19-13)18-8-6-17(7-9-18)11-14-3-4-14/h13-14H,2-12,16H2,1H3. The van der Waals surface area contributed by atoms with E-state index in [0.717, 1.165) is 12.5 Å². The van der Waals surface area contributed by atoms with Crippen LogP contribution < -0.4 is 5.73 Å². The van der Waals surface area contributed by atoms with Crippen molar-refractivity contribution in [2.75, 3.05) is 45.0 Å². The summed E-state index contributed by atoms with van der Waals surface area (Å²) in [6.07, 6.45) is 5.59. The molecule has 0 radical (unpaired) electrons. The van der Waals surface area contributed by atoms with Crippen LogP contribution in [0, 0.1) is 5.92 Å². The summed E-state index contributed by atoms with van der Waals surface area (Å²) >= 11 is 2.13. The van der Waals surface area contributed by atoms with Crippen molar-refractivity contribution in [3.05, 3.63) is 0 Å². The third-order valence-electron chi connectivity index (χ3n) is 5.45. The number of piperazine rings is 1. The lowest BCUT2D eigenvalue weighted by Gasteiger charge is -2.52. The Balaban J connectivity index is 1.58. The Kier molecular flexibility index (Phi) is 4.42. The van der Waals surface area contributed by atoms with E-state index >= 15 is 0 Å². The highest BCUT2D eigenvalue weighted by atomic mass is 32.2. The molecule has 4 heteroatoms. The van der Waals surface area contributed by atoms with Crippen LogP contribution in [0.25, 0.3) is 0 Å². The highest BCUT2D eigenvalue weighted by Gasteiger charge is 2.43. The Morgan fingerprint density at radius 2 is 1.95 bits per heavy atom. The molecule has 2 unspecified atom stereocenters. The molecule has 3 aliphatic rings. The zero-order chi connectivity index (χ0) is 13.3. The normalized spacial score (nSPS) is 38.5. The quantitative estimate of drug-likeness (QED) is 0.850. The van der Waals surface area contributed by atoms with Gasteiger partial charge in [0.25, 0.3) is 0 Å². The van der Waals surface area contributed by atoms with Crippen molar-refractivity contribution in [1.29, 1.82) is 0 Å². The van der Waals surface area contributed by atoms with Crippen molar-refractivity contribution in [3.8, 4) is 0 Å². The van der Waals surface area contributed by atoms with Gasteiger partial charge in [-0.3, -0.25) is 4.90 Å². The Hall–Kier alpha value is 0.230. The van der Waals surface area contributed by atoms with Crippen LogP contribution in [0.2, 0.25) is 0 Å². The first-order valence-electron chi connectivity index (χ1n) is 8.04. The molecule has 0 bridgehead atoms. The zero-order valence-corrected chi connectivity index (χ0v) is 13.1. The lowest BCUT2D eigenvalue weighted by Crippen LogP contribution is -2.65. The maximum absolute atomic E-state index is 6.22. The second-order valence-electron chi connectivity index (χ2n) is 6.66. The highest BCUT2D eigenvalue weighted by Crippen LogP contribution is 2.38. The molecule has 1 aliphatic carbocycles. The van der Waals surface area contributed by atoms with Gasteiger partial charge in [0.05, 0.1) is 0 Å². The van der Waals surface area contributed by atoms with Crippen molar-refractivity contribution in [1.82, 2.24) is 9.80 Å². The van der Waals surface area contributed by atoms with Crippen LogP contribution in [-0.2, 0) is 0 Å². The molecule has 2 heterocycles. The summed E-state index contributed by atoms with van der Waals surface area (Å²) in [5.41, 5.74) is 6.50. The lowest BCUT2D eigenvalue weighted by molar-refractivity contribution is 0.0277. The van der Waals surface area contributed by atoms with Gasteiger partial charge in [0, 0.05) is 50.1 Å². The number of thioether (sulfide) groups is 1. The van der Waals surface area contributed by atoms with Gasteiger partial charge in [-0.1, -0.05) is 6.92 Å². The molecule has 0 aromatic rings. The smallest absolute Gasteiger partial charge is 0.0448 e. The first-order chi connectivity index (χ1) is 9.24. The average Bonchev–Trinajstić information content (AvgIpc) is 3.25. The van der Waals surface area contributed by atoms with E-state index in [1.54, 1.807) is 0 Å². The first-order valence-corrected chi connectivity index (χ1v) is 9.08. The first kappa shape index (κ1) is 14.2. The van der Waals surface area contributed by atoms with Gasteiger partial charge in [-0.2, -0.15) is 11.8 Å². The van der Waals surface area contributed by atoms with E-state index in [9.17, 15) is 0 Å². The van der Waals surface area contributed by atoms with Crippen molar-refractivity contribution in [3.63, 3.8) is 0 Å². The maximum Gasteiger partial charge on any atom is 0.0448 e. The topological polar surface area (TPSA) is 32.5 Å². The molecule has 3 fully saturated rings. The molecule has 3 rings (SSSR count). The highest BCUT2D eigenvalue weighted by molar-refractivity contribution is 8.00. The van der Waals surface area contributed by atoms with E-state index in [-0.39, 0.29) is 5.54 Å². The van der Waals surface area contributed by atoms with E-state index in [1.165, 1.54) is 64.2 Å². The minimum Gasteiger partial charge on any atom is -0.329 e. The predicted octanol–water partition coefficient (Wildman–Crippen LogP) is 1.63. The Bertz CT molecular complexity index is 300. The number of nitrogens with zero attached hydrogens (tertiary/aromatic N) is 2. The molecule has 0 amide bonds. The summed E-state index contributed by atoms with van der Waals surface area (Å²) in [6, 6.07) is 0. The van der Waals surface area contributed by atoms with Gasteiger partial charge < -0.3 is 10.6 Å². The molecule has 2 aliphatic heterocycles. The van der Waals surface area contributed by atoms with Gasteiger partial charge >= 0.3 is 0 Å². The summed E-state index contributed by atoms with van der Waals surface area (Å²) < 4.78 is 0.